The van der Waals surface area contributed by atoms with Crippen molar-refractivity contribution in [1.29, 1.82) is 0 Å². The number of amides is 2. The minimum atomic E-state index is -0.926. The number of urea groups is 1. The van der Waals surface area contributed by atoms with Crippen LogP contribution in [0.3, 0.4) is 0 Å². The van der Waals surface area contributed by atoms with E-state index in [0.717, 1.165) is 43.2 Å². The number of piperidine rings is 1. The van der Waals surface area contributed by atoms with Gasteiger partial charge < -0.3 is 15.3 Å². The smallest absolute Gasteiger partial charge is 0.317 e. The Labute approximate surface area is 176 Å². The van der Waals surface area contributed by atoms with E-state index >= 15 is 0 Å². The van der Waals surface area contributed by atoms with Crippen LogP contribution in [0.1, 0.15) is 48.0 Å². The highest BCUT2D eigenvalue weighted by atomic mass is 32.1. The van der Waals surface area contributed by atoms with Crippen LogP contribution in [0.5, 0.6) is 0 Å². The van der Waals surface area contributed by atoms with Crippen LogP contribution in [0, 0.1) is 0 Å². The van der Waals surface area contributed by atoms with Crippen LogP contribution < -0.4 is 5.32 Å². The summed E-state index contributed by atoms with van der Waals surface area (Å²) >= 11 is 1.63. The van der Waals surface area contributed by atoms with Gasteiger partial charge in [-0.05, 0) is 36.8 Å². The molecule has 3 heterocycles. The number of carbonyl (C=O) groups excluding carboxylic acids is 1. The fourth-order valence-electron chi connectivity index (χ4n) is 4.16. The summed E-state index contributed by atoms with van der Waals surface area (Å²) in [7, 11) is 0. The number of fused-ring (bicyclic) bond motifs is 1. The van der Waals surface area contributed by atoms with Crippen LogP contribution >= 0.6 is 11.3 Å². The number of hydrogen-bond donors (Lipinski definition) is 2. The predicted molar refractivity (Wildman–Crippen MR) is 115 cm³/mol. The summed E-state index contributed by atoms with van der Waals surface area (Å²) in [6.07, 6.45) is 3.07. The maximum Gasteiger partial charge on any atom is 0.317 e. The van der Waals surface area contributed by atoms with Crippen molar-refractivity contribution in [3.63, 3.8) is 0 Å². The molecule has 1 aromatic heterocycles. The summed E-state index contributed by atoms with van der Waals surface area (Å²) in [6.45, 7) is 6.66. The van der Waals surface area contributed by atoms with E-state index in [1.807, 2.05) is 12.3 Å². The zero-order valence-electron chi connectivity index (χ0n) is 17.1. The van der Waals surface area contributed by atoms with Gasteiger partial charge in [-0.15, -0.1) is 11.3 Å². The maximum atomic E-state index is 12.1. The molecule has 1 saturated heterocycles. The summed E-state index contributed by atoms with van der Waals surface area (Å²) < 4.78 is 0. The first kappa shape index (κ1) is 20.3. The van der Waals surface area contributed by atoms with Crippen molar-refractivity contribution in [2.75, 3.05) is 26.2 Å². The van der Waals surface area contributed by atoms with E-state index in [-0.39, 0.29) is 6.03 Å². The summed E-state index contributed by atoms with van der Waals surface area (Å²) in [5, 5.41) is 17.1. The molecule has 156 valence electrons. The van der Waals surface area contributed by atoms with E-state index in [2.05, 4.69) is 34.5 Å². The van der Waals surface area contributed by atoms with Crippen LogP contribution in [0.15, 0.2) is 29.6 Å². The second-order valence-corrected chi connectivity index (χ2v) is 9.05. The number of thiazole rings is 1. The normalized spacial score (nSPS) is 19.0. The van der Waals surface area contributed by atoms with Crippen molar-refractivity contribution >= 4 is 17.4 Å². The SMILES string of the molecule is CCCNC(=O)N1CCC(O)(c2csc(CN3CCc4ccccc4C3)n2)CC1. The van der Waals surface area contributed by atoms with Crippen molar-refractivity contribution in [2.45, 2.75) is 51.3 Å². The number of likely N-dealkylation sites (tertiary alicyclic amines) is 1. The van der Waals surface area contributed by atoms with Crippen LogP contribution in [-0.4, -0.2) is 52.1 Å². The van der Waals surface area contributed by atoms with Crippen LogP contribution in [0.4, 0.5) is 4.79 Å². The highest BCUT2D eigenvalue weighted by molar-refractivity contribution is 7.09. The first-order chi connectivity index (χ1) is 14.1. The zero-order valence-corrected chi connectivity index (χ0v) is 17.9. The lowest BCUT2D eigenvalue weighted by Gasteiger charge is -2.37. The molecule has 7 heteroatoms. The molecule has 0 unspecified atom stereocenters. The highest BCUT2D eigenvalue weighted by Gasteiger charge is 2.37. The van der Waals surface area contributed by atoms with Crippen LogP contribution in [0.25, 0.3) is 0 Å². The molecule has 2 amide bonds. The molecule has 2 aliphatic rings. The van der Waals surface area contributed by atoms with E-state index in [1.54, 1.807) is 16.2 Å². The fourth-order valence-corrected chi connectivity index (χ4v) is 5.09. The Kier molecular flexibility index (Phi) is 6.18. The van der Waals surface area contributed by atoms with Gasteiger partial charge >= 0.3 is 6.03 Å². The molecule has 2 N–H and O–H groups in total. The molecule has 2 aromatic rings. The molecule has 2 aliphatic heterocycles. The third kappa shape index (κ3) is 4.63. The van der Waals surface area contributed by atoms with Gasteiger partial charge in [-0.3, -0.25) is 4.90 Å². The van der Waals surface area contributed by atoms with Gasteiger partial charge in [-0.25, -0.2) is 9.78 Å². The van der Waals surface area contributed by atoms with Crippen molar-refractivity contribution in [1.82, 2.24) is 20.1 Å². The Hall–Kier alpha value is -1.96. The number of aromatic nitrogens is 1. The summed E-state index contributed by atoms with van der Waals surface area (Å²) in [4.78, 5) is 21.1. The van der Waals surface area contributed by atoms with Gasteiger partial charge in [0.25, 0.3) is 0 Å². The number of benzene rings is 1. The second-order valence-electron chi connectivity index (χ2n) is 8.11. The first-order valence-corrected chi connectivity index (χ1v) is 11.4. The van der Waals surface area contributed by atoms with Crippen molar-refractivity contribution in [3.05, 3.63) is 51.5 Å². The molecule has 4 rings (SSSR count). The van der Waals surface area contributed by atoms with Crippen LogP contribution in [0.2, 0.25) is 0 Å². The number of aliphatic hydroxyl groups is 1. The van der Waals surface area contributed by atoms with Gasteiger partial charge in [0.15, 0.2) is 0 Å². The van der Waals surface area contributed by atoms with E-state index in [1.165, 1.54) is 11.1 Å². The highest BCUT2D eigenvalue weighted by Crippen LogP contribution is 2.34. The van der Waals surface area contributed by atoms with Gasteiger partial charge in [0.2, 0.25) is 0 Å². The largest absolute Gasteiger partial charge is 0.383 e. The Bertz CT molecular complexity index is 845. The lowest BCUT2D eigenvalue weighted by atomic mass is 9.89. The third-order valence-electron chi connectivity index (χ3n) is 6.00. The second kappa shape index (κ2) is 8.81. The number of nitrogens with one attached hydrogen (secondary N) is 1. The molecule has 1 fully saturated rings. The lowest BCUT2D eigenvalue weighted by molar-refractivity contribution is -0.0200. The van der Waals surface area contributed by atoms with E-state index in [0.29, 0.717) is 32.5 Å². The molecule has 0 saturated carbocycles. The summed E-state index contributed by atoms with van der Waals surface area (Å²) in [5.74, 6) is 0. The molecule has 0 atom stereocenters. The Morgan fingerprint density at radius 2 is 2.00 bits per heavy atom. The number of rotatable bonds is 5. The predicted octanol–water partition coefficient (Wildman–Crippen LogP) is 3.10. The molecular formula is C22H30N4O2S. The zero-order chi connectivity index (χ0) is 20.3. The number of hydrogen-bond acceptors (Lipinski definition) is 5. The van der Waals surface area contributed by atoms with Gasteiger partial charge in [0.1, 0.15) is 10.6 Å². The van der Waals surface area contributed by atoms with Gasteiger partial charge in [0.05, 0.1) is 12.2 Å². The monoisotopic (exact) mass is 414 g/mol. The van der Waals surface area contributed by atoms with Gasteiger partial charge in [-0.1, -0.05) is 31.2 Å². The van der Waals surface area contributed by atoms with Crippen LogP contribution in [-0.2, 0) is 25.1 Å². The van der Waals surface area contributed by atoms with E-state index in [9.17, 15) is 9.90 Å². The van der Waals surface area contributed by atoms with E-state index < -0.39 is 5.60 Å². The van der Waals surface area contributed by atoms with Gasteiger partial charge in [-0.2, -0.15) is 0 Å². The topological polar surface area (TPSA) is 68.7 Å². The molecular weight excluding hydrogens is 384 g/mol. The lowest BCUT2D eigenvalue weighted by Crippen LogP contribution is -2.49. The maximum absolute atomic E-state index is 12.1. The summed E-state index contributed by atoms with van der Waals surface area (Å²) in [6, 6.07) is 8.62. The molecule has 0 bridgehead atoms. The minimum absolute atomic E-state index is 0.0294. The first-order valence-electron chi connectivity index (χ1n) is 10.6. The summed E-state index contributed by atoms with van der Waals surface area (Å²) in [5.41, 5.74) is 2.70. The average Bonchev–Trinajstić information content (AvgIpc) is 3.22. The molecule has 1 aromatic carbocycles. The number of nitrogens with zero attached hydrogens (tertiary/aromatic N) is 3. The van der Waals surface area contributed by atoms with Crippen molar-refractivity contribution in [3.8, 4) is 0 Å². The molecule has 0 spiro atoms. The van der Waals surface area contributed by atoms with Crippen molar-refractivity contribution in [2.24, 2.45) is 0 Å². The Morgan fingerprint density at radius 3 is 2.76 bits per heavy atom. The molecule has 6 nitrogen and oxygen atoms in total. The van der Waals surface area contributed by atoms with E-state index in [4.69, 9.17) is 4.98 Å². The fraction of sp³-hybridized carbons (Fsp3) is 0.545. The third-order valence-corrected chi connectivity index (χ3v) is 6.83. The number of carbonyl (C=O) groups is 1. The standard InChI is InChI=1S/C22H30N4O2S/c1-2-10-23-21(27)26-12-8-22(28,9-13-26)19-16-29-20(24-19)15-25-11-7-17-5-3-4-6-18(17)14-25/h3-6,16,28H,2,7-15H2,1H3,(H,23,27). The van der Waals surface area contributed by atoms with Crippen molar-refractivity contribution < 1.29 is 9.90 Å². The van der Waals surface area contributed by atoms with Gasteiger partial charge in [0, 0.05) is 38.1 Å². The Morgan fingerprint density at radius 1 is 1.24 bits per heavy atom. The molecule has 0 aliphatic carbocycles. The Balaban J connectivity index is 1.34. The average molecular weight is 415 g/mol. The minimum Gasteiger partial charge on any atom is -0.383 e. The quantitative estimate of drug-likeness (QED) is 0.789. The molecule has 0 radical (unpaired) electrons. The molecule has 29 heavy (non-hydrogen) atoms.